The van der Waals surface area contributed by atoms with Crippen molar-refractivity contribution in [2.45, 2.75) is 73.2 Å². The second kappa shape index (κ2) is 7.68. The highest BCUT2D eigenvalue weighted by Crippen LogP contribution is 2.64. The molecule has 0 unspecified atom stereocenters. The molecule has 0 aromatic rings. The third kappa shape index (κ3) is 4.55. The molecule has 0 bridgehead atoms. The van der Waals surface area contributed by atoms with Gasteiger partial charge in [0.25, 0.3) is 0 Å². The van der Waals surface area contributed by atoms with Gasteiger partial charge in [-0.15, -0.1) is 0 Å². The lowest BCUT2D eigenvalue weighted by molar-refractivity contribution is -0.461. The molecule has 0 aromatic heterocycles. The van der Waals surface area contributed by atoms with Crippen molar-refractivity contribution in [3.05, 3.63) is 0 Å². The van der Waals surface area contributed by atoms with Crippen LogP contribution in [0.1, 0.15) is 6.42 Å². The average molecular weight is 541 g/mol. The lowest BCUT2D eigenvalue weighted by Crippen LogP contribution is -2.74. The van der Waals surface area contributed by atoms with Crippen molar-refractivity contribution < 1.29 is 74.6 Å². The molecule has 0 amide bonds. The molecule has 0 radical (unpaired) electrons. The molecule has 0 aliphatic heterocycles. The SMILES string of the molecule is C[Si](C)(Cl)CCC(F)(F)C(F)(F)C(F)(F)C(F)(F)C(F)(F)C(F)(F)C(F)(F)C(F)(F)F. The molecule has 0 saturated heterocycles. The molecule has 0 atom stereocenters. The summed E-state index contributed by atoms with van der Waals surface area (Å²) >= 11 is 5.43. The first-order valence-corrected chi connectivity index (χ1v) is 11.6. The van der Waals surface area contributed by atoms with Crippen LogP contribution in [-0.4, -0.2) is 55.0 Å². The Balaban J connectivity index is 6.56. The van der Waals surface area contributed by atoms with Crippen LogP contribution in [0.15, 0.2) is 0 Å². The summed E-state index contributed by atoms with van der Waals surface area (Å²) < 4.78 is 221. The maximum atomic E-state index is 13.5. The van der Waals surface area contributed by atoms with E-state index in [0.717, 1.165) is 13.1 Å². The molecule has 0 spiro atoms. The predicted octanol–water partition coefficient (Wildman–Crippen LogP) is 7.83. The van der Waals surface area contributed by atoms with E-state index in [2.05, 4.69) is 0 Å². The van der Waals surface area contributed by atoms with Gasteiger partial charge in [0.15, 0.2) is 7.38 Å². The van der Waals surface area contributed by atoms with Crippen LogP contribution >= 0.6 is 11.1 Å². The van der Waals surface area contributed by atoms with E-state index in [1.54, 1.807) is 0 Å². The van der Waals surface area contributed by atoms with Gasteiger partial charge >= 0.3 is 47.6 Å². The van der Waals surface area contributed by atoms with Crippen molar-refractivity contribution in [1.29, 1.82) is 0 Å². The van der Waals surface area contributed by atoms with E-state index in [0.29, 0.717) is 0 Å². The zero-order valence-electron chi connectivity index (χ0n) is 14.7. The highest BCUT2D eigenvalue weighted by Gasteiger charge is 2.95. The predicted molar refractivity (Wildman–Crippen MR) is 73.4 cm³/mol. The minimum atomic E-state index is -8.59. The molecule has 0 aliphatic rings. The fourth-order valence-corrected chi connectivity index (χ4v) is 3.00. The van der Waals surface area contributed by atoms with Crippen LogP contribution < -0.4 is 0 Å². The van der Waals surface area contributed by atoms with Crippen LogP contribution in [0, 0.1) is 0 Å². The van der Waals surface area contributed by atoms with Crippen molar-refractivity contribution in [2.24, 2.45) is 0 Å². The van der Waals surface area contributed by atoms with Crippen LogP contribution in [0.2, 0.25) is 19.1 Å². The van der Waals surface area contributed by atoms with Crippen LogP contribution in [0.5, 0.6) is 0 Å². The van der Waals surface area contributed by atoms with Gasteiger partial charge in [0.1, 0.15) is 0 Å². The molecule has 0 heterocycles. The Morgan fingerprint density at radius 2 is 0.742 bits per heavy atom. The van der Waals surface area contributed by atoms with Gasteiger partial charge in [0, 0.05) is 6.42 Å². The maximum Gasteiger partial charge on any atom is 0.460 e. The van der Waals surface area contributed by atoms with Crippen molar-refractivity contribution in [3.8, 4) is 0 Å². The molecular formula is C12H10ClF17Si. The summed E-state index contributed by atoms with van der Waals surface area (Å²) in [6.07, 6.45) is -10.2. The normalized spacial score (nSPS) is 16.6. The maximum absolute atomic E-state index is 13.5. The molecule has 0 nitrogen and oxygen atoms in total. The molecule has 188 valence electrons. The lowest BCUT2D eigenvalue weighted by Gasteiger charge is -2.43. The van der Waals surface area contributed by atoms with Gasteiger partial charge in [-0.3, -0.25) is 0 Å². The third-order valence-electron chi connectivity index (χ3n) is 3.82. The molecule has 0 aliphatic carbocycles. The topological polar surface area (TPSA) is 0 Å². The summed E-state index contributed by atoms with van der Waals surface area (Å²) in [5.74, 6) is -56.0. The van der Waals surface area contributed by atoms with E-state index in [-0.39, 0.29) is 0 Å². The summed E-state index contributed by atoms with van der Waals surface area (Å²) in [5.41, 5.74) is 0. The number of hydrogen-bond acceptors (Lipinski definition) is 0. The Morgan fingerprint density at radius 3 is 1.00 bits per heavy atom. The lowest BCUT2D eigenvalue weighted by atomic mass is 9.88. The summed E-state index contributed by atoms with van der Waals surface area (Å²) in [7, 11) is -3.33. The monoisotopic (exact) mass is 540 g/mol. The van der Waals surface area contributed by atoms with E-state index in [9.17, 15) is 74.6 Å². The van der Waals surface area contributed by atoms with Gasteiger partial charge in [-0.2, -0.15) is 85.7 Å². The second-order valence-electron chi connectivity index (χ2n) is 6.87. The molecule has 0 saturated carbocycles. The Bertz CT molecular complexity index is 644. The number of halogens is 18. The van der Waals surface area contributed by atoms with Gasteiger partial charge in [0.05, 0.1) is 0 Å². The molecule has 0 fully saturated rings. The smallest absolute Gasteiger partial charge is 0.200 e. The summed E-state index contributed by atoms with van der Waals surface area (Å²) in [5, 5.41) is 0. The first-order chi connectivity index (χ1) is 13.0. The van der Waals surface area contributed by atoms with E-state index in [4.69, 9.17) is 11.1 Å². The Labute approximate surface area is 167 Å². The number of alkyl halides is 17. The third-order valence-corrected chi connectivity index (χ3v) is 5.83. The summed E-state index contributed by atoms with van der Waals surface area (Å²) in [6.45, 7) is 1.92. The van der Waals surface area contributed by atoms with Crippen LogP contribution in [0.25, 0.3) is 0 Å². The van der Waals surface area contributed by atoms with Crippen molar-refractivity contribution in [3.63, 3.8) is 0 Å². The van der Waals surface area contributed by atoms with Crippen molar-refractivity contribution in [2.75, 3.05) is 0 Å². The number of hydrogen-bond donors (Lipinski definition) is 0. The highest BCUT2D eigenvalue weighted by atomic mass is 35.6. The fraction of sp³-hybridized carbons (Fsp3) is 1.00. The quantitative estimate of drug-likeness (QED) is 0.159. The largest absolute Gasteiger partial charge is 0.460 e. The first-order valence-electron chi connectivity index (χ1n) is 7.36. The summed E-state index contributed by atoms with van der Waals surface area (Å²) in [4.78, 5) is 0. The van der Waals surface area contributed by atoms with Gasteiger partial charge in [-0.1, -0.05) is 13.1 Å². The van der Waals surface area contributed by atoms with Crippen LogP contribution in [0.4, 0.5) is 74.6 Å². The fourth-order valence-electron chi connectivity index (χ4n) is 1.81. The van der Waals surface area contributed by atoms with Gasteiger partial charge in [-0.05, 0) is 6.04 Å². The van der Waals surface area contributed by atoms with E-state index in [1.807, 2.05) is 0 Å². The minimum absolute atomic E-state index is 0.962. The molecule has 0 rings (SSSR count). The van der Waals surface area contributed by atoms with Crippen LogP contribution in [-0.2, 0) is 0 Å². The standard InChI is InChI=1S/C12H10ClF17Si/c1-31(2,13)4-3-5(14,15)6(16,17)7(18,19)8(20,21)9(22,23)10(24,25)11(26,27)12(28,29)30/h3-4H2,1-2H3. The van der Waals surface area contributed by atoms with Gasteiger partial charge in [-0.25, -0.2) is 0 Å². The molecule has 31 heavy (non-hydrogen) atoms. The minimum Gasteiger partial charge on any atom is -0.200 e. The number of rotatable bonds is 9. The van der Waals surface area contributed by atoms with Crippen molar-refractivity contribution >= 4 is 18.5 Å². The molecular weight excluding hydrogens is 531 g/mol. The van der Waals surface area contributed by atoms with E-state index < -0.39 is 67.5 Å². The van der Waals surface area contributed by atoms with Gasteiger partial charge in [0.2, 0.25) is 0 Å². The Morgan fingerprint density at radius 1 is 0.484 bits per heavy atom. The second-order valence-corrected chi connectivity index (χ2v) is 13.9. The van der Waals surface area contributed by atoms with Gasteiger partial charge < -0.3 is 0 Å². The van der Waals surface area contributed by atoms with Crippen molar-refractivity contribution in [1.82, 2.24) is 0 Å². The van der Waals surface area contributed by atoms with E-state index in [1.165, 1.54) is 0 Å². The molecule has 19 heteroatoms. The zero-order valence-corrected chi connectivity index (χ0v) is 16.5. The highest BCUT2D eigenvalue weighted by molar-refractivity contribution is 7.19. The zero-order chi connectivity index (χ0) is 25.9. The van der Waals surface area contributed by atoms with E-state index >= 15 is 0 Å². The van der Waals surface area contributed by atoms with Crippen LogP contribution in [0.3, 0.4) is 0 Å². The summed E-state index contributed by atoms with van der Waals surface area (Å²) in [6, 6.07) is -1.24. The average Bonchev–Trinajstić information content (AvgIpc) is 2.50. The Hall–Kier alpha value is -0.683. The Kier molecular flexibility index (Phi) is 7.51. The molecule has 0 aromatic carbocycles. The first kappa shape index (κ1) is 30.3. The molecule has 0 N–H and O–H groups in total.